The second-order valence-electron chi connectivity index (χ2n) is 9.17. The number of ether oxygens (including phenoxy) is 1. The molecule has 1 saturated carbocycles. The Morgan fingerprint density at radius 3 is 2.86 bits per heavy atom. The molecule has 1 fully saturated rings. The molecule has 2 heterocycles. The summed E-state index contributed by atoms with van der Waals surface area (Å²) in [7, 11) is 0. The van der Waals surface area contributed by atoms with E-state index in [1.165, 1.54) is 24.0 Å². The van der Waals surface area contributed by atoms with Crippen LogP contribution in [0.5, 0.6) is 5.88 Å². The van der Waals surface area contributed by atoms with Crippen LogP contribution in [0.3, 0.4) is 0 Å². The zero-order valence-electron chi connectivity index (χ0n) is 17.6. The highest BCUT2D eigenvalue weighted by Crippen LogP contribution is 2.36. The number of benzene rings is 1. The Hall–Kier alpha value is -1.78. The van der Waals surface area contributed by atoms with Gasteiger partial charge in [-0.15, -0.1) is 0 Å². The van der Waals surface area contributed by atoms with Crippen molar-refractivity contribution in [3.05, 3.63) is 52.2 Å². The van der Waals surface area contributed by atoms with Crippen molar-refractivity contribution >= 4 is 17.3 Å². The summed E-state index contributed by atoms with van der Waals surface area (Å²) in [4.78, 5) is 4.55. The van der Waals surface area contributed by atoms with Crippen LogP contribution in [-0.2, 0) is 19.4 Å². The Balaban J connectivity index is 1.39. The van der Waals surface area contributed by atoms with Crippen LogP contribution < -0.4 is 15.4 Å². The minimum atomic E-state index is 0.280. The highest BCUT2D eigenvalue weighted by atomic mass is 35.5. The van der Waals surface area contributed by atoms with Gasteiger partial charge in [0.2, 0.25) is 5.88 Å². The van der Waals surface area contributed by atoms with E-state index in [1.54, 1.807) is 0 Å². The Labute approximate surface area is 179 Å². The molecule has 1 aromatic heterocycles. The second-order valence-corrected chi connectivity index (χ2v) is 9.58. The number of anilines is 1. The van der Waals surface area contributed by atoms with Crippen LogP contribution in [0.4, 0.5) is 5.69 Å². The van der Waals surface area contributed by atoms with E-state index in [2.05, 4.69) is 41.6 Å². The molecule has 0 radical (unpaired) electrons. The fourth-order valence-electron chi connectivity index (χ4n) is 4.61. The molecular formula is C24H32ClN3O. The summed E-state index contributed by atoms with van der Waals surface area (Å²) < 4.78 is 6.16. The molecule has 1 atom stereocenters. The smallest absolute Gasteiger partial charge is 0.213 e. The summed E-state index contributed by atoms with van der Waals surface area (Å²) in [5, 5.41) is 7.81. The molecule has 2 N–H and O–H groups in total. The maximum atomic E-state index is 6.52. The zero-order chi connectivity index (χ0) is 20.3. The first-order chi connectivity index (χ1) is 14.0. The molecule has 0 bridgehead atoms. The molecule has 1 aromatic carbocycles. The van der Waals surface area contributed by atoms with Gasteiger partial charge in [0.25, 0.3) is 0 Å². The number of fused-ring (bicyclic) bond motifs is 1. The average molecular weight is 414 g/mol. The molecule has 1 unspecified atom stereocenters. The van der Waals surface area contributed by atoms with Gasteiger partial charge in [-0.05, 0) is 79.8 Å². The monoisotopic (exact) mass is 413 g/mol. The Bertz CT molecular complexity index is 835. The molecule has 0 amide bonds. The largest absolute Gasteiger partial charge is 0.474 e. The number of pyridine rings is 1. The van der Waals surface area contributed by atoms with E-state index in [4.69, 9.17) is 16.3 Å². The lowest BCUT2D eigenvalue weighted by molar-refractivity contribution is 0.0814. The van der Waals surface area contributed by atoms with Crippen LogP contribution in [0.2, 0.25) is 5.02 Å². The molecule has 1 aliphatic heterocycles. The average Bonchev–Trinajstić information content (AvgIpc) is 2.93. The topological polar surface area (TPSA) is 46.2 Å². The summed E-state index contributed by atoms with van der Waals surface area (Å²) in [6.45, 7) is 7.38. The minimum Gasteiger partial charge on any atom is -0.474 e. The Kier molecular flexibility index (Phi) is 6.31. The van der Waals surface area contributed by atoms with Crippen LogP contribution in [0.25, 0.3) is 0 Å². The molecule has 29 heavy (non-hydrogen) atoms. The first-order valence-electron chi connectivity index (χ1n) is 10.9. The third kappa shape index (κ3) is 5.23. The normalized spacial score (nSPS) is 21.1. The van der Waals surface area contributed by atoms with E-state index < -0.39 is 0 Å². The third-order valence-electron chi connectivity index (χ3n) is 6.20. The Morgan fingerprint density at radius 1 is 1.21 bits per heavy atom. The van der Waals surface area contributed by atoms with E-state index in [9.17, 15) is 0 Å². The molecular weight excluding hydrogens is 382 g/mol. The summed E-state index contributed by atoms with van der Waals surface area (Å²) in [6, 6.07) is 8.26. The third-order valence-corrected chi connectivity index (χ3v) is 6.51. The number of halogens is 1. The zero-order valence-corrected chi connectivity index (χ0v) is 18.3. The second kappa shape index (κ2) is 8.93. The lowest BCUT2D eigenvalue weighted by Gasteiger charge is -2.34. The van der Waals surface area contributed by atoms with Gasteiger partial charge in [-0.3, -0.25) is 0 Å². The van der Waals surface area contributed by atoms with Gasteiger partial charge in [0, 0.05) is 18.8 Å². The summed E-state index contributed by atoms with van der Waals surface area (Å²) in [5.41, 5.74) is 5.30. The predicted octanol–water partition coefficient (Wildman–Crippen LogP) is 5.38. The van der Waals surface area contributed by atoms with Gasteiger partial charge >= 0.3 is 0 Å². The van der Waals surface area contributed by atoms with Crippen molar-refractivity contribution < 1.29 is 4.74 Å². The van der Waals surface area contributed by atoms with Gasteiger partial charge in [0.1, 0.15) is 6.10 Å². The Morgan fingerprint density at radius 2 is 2.07 bits per heavy atom. The van der Waals surface area contributed by atoms with Gasteiger partial charge in [-0.2, -0.15) is 0 Å². The summed E-state index contributed by atoms with van der Waals surface area (Å²) >= 11 is 6.52. The molecule has 2 aliphatic rings. The van der Waals surface area contributed by atoms with Crippen LogP contribution in [0.15, 0.2) is 30.5 Å². The van der Waals surface area contributed by atoms with Gasteiger partial charge in [-0.1, -0.05) is 37.6 Å². The fraction of sp³-hybridized carbons (Fsp3) is 0.542. The number of rotatable bonds is 5. The van der Waals surface area contributed by atoms with Crippen molar-refractivity contribution in [2.45, 2.75) is 65.0 Å². The molecule has 2 aromatic rings. The van der Waals surface area contributed by atoms with Crippen molar-refractivity contribution in [1.29, 1.82) is 0 Å². The standard InChI is InChI=1S/C24H32ClN3O/c1-24(2)11-3-4-19(14-24)29-22-8-5-17(15-27-22)16-28-23-20-10-13-26-12-9-18(20)6-7-21(23)25/h5-8,15,19,26,28H,3-4,9-14,16H2,1-2H3. The number of nitrogens with one attached hydrogen (secondary N) is 2. The van der Waals surface area contributed by atoms with E-state index >= 15 is 0 Å². The van der Waals surface area contributed by atoms with Crippen LogP contribution in [0, 0.1) is 5.41 Å². The summed E-state index contributed by atoms with van der Waals surface area (Å²) in [6.07, 6.45) is 8.98. The van der Waals surface area contributed by atoms with Crippen molar-refractivity contribution in [1.82, 2.24) is 10.3 Å². The van der Waals surface area contributed by atoms with E-state index in [1.807, 2.05) is 18.3 Å². The number of nitrogens with zero attached hydrogens (tertiary/aromatic N) is 1. The highest BCUT2D eigenvalue weighted by molar-refractivity contribution is 6.33. The van der Waals surface area contributed by atoms with Gasteiger partial charge < -0.3 is 15.4 Å². The van der Waals surface area contributed by atoms with Gasteiger partial charge in [0.05, 0.1) is 10.7 Å². The van der Waals surface area contributed by atoms with E-state index in [0.717, 1.165) is 60.9 Å². The lowest BCUT2D eigenvalue weighted by atomic mass is 9.76. The van der Waals surface area contributed by atoms with Gasteiger partial charge in [-0.25, -0.2) is 4.98 Å². The molecule has 5 heteroatoms. The number of hydrogen-bond donors (Lipinski definition) is 2. The molecule has 4 rings (SSSR count). The van der Waals surface area contributed by atoms with Crippen LogP contribution in [0.1, 0.15) is 56.2 Å². The number of aromatic nitrogens is 1. The first-order valence-corrected chi connectivity index (χ1v) is 11.2. The van der Waals surface area contributed by atoms with Crippen LogP contribution in [-0.4, -0.2) is 24.2 Å². The molecule has 0 spiro atoms. The fourth-order valence-corrected chi connectivity index (χ4v) is 4.85. The van der Waals surface area contributed by atoms with Crippen LogP contribution >= 0.6 is 11.6 Å². The quantitative estimate of drug-likeness (QED) is 0.690. The minimum absolute atomic E-state index is 0.280. The highest BCUT2D eigenvalue weighted by Gasteiger charge is 2.29. The van der Waals surface area contributed by atoms with Crippen molar-refractivity contribution in [2.75, 3.05) is 18.4 Å². The maximum absolute atomic E-state index is 6.52. The molecule has 156 valence electrons. The molecule has 1 aliphatic carbocycles. The molecule has 0 saturated heterocycles. The van der Waals surface area contributed by atoms with E-state index in [0.29, 0.717) is 12.0 Å². The van der Waals surface area contributed by atoms with E-state index in [-0.39, 0.29) is 6.10 Å². The summed E-state index contributed by atoms with van der Waals surface area (Å²) in [5.74, 6) is 0.731. The van der Waals surface area contributed by atoms with Crippen molar-refractivity contribution in [3.63, 3.8) is 0 Å². The SMILES string of the molecule is CC1(C)CCCC(Oc2ccc(CNc3c(Cl)ccc4c3CCNCC4)cn2)C1. The number of hydrogen-bond acceptors (Lipinski definition) is 4. The maximum Gasteiger partial charge on any atom is 0.213 e. The predicted molar refractivity (Wildman–Crippen MR) is 120 cm³/mol. The lowest BCUT2D eigenvalue weighted by Crippen LogP contribution is -2.30. The van der Waals surface area contributed by atoms with Crippen molar-refractivity contribution in [2.24, 2.45) is 5.41 Å². The molecule has 4 nitrogen and oxygen atoms in total. The van der Waals surface area contributed by atoms with Gasteiger partial charge in [0.15, 0.2) is 0 Å². The van der Waals surface area contributed by atoms with Crippen molar-refractivity contribution in [3.8, 4) is 5.88 Å². The first kappa shape index (κ1) is 20.5.